The van der Waals surface area contributed by atoms with E-state index in [-0.39, 0.29) is 11.8 Å². The zero-order valence-corrected chi connectivity index (χ0v) is 9.32. The van der Waals surface area contributed by atoms with Crippen molar-refractivity contribution < 1.29 is 9.59 Å². The molecule has 1 saturated carbocycles. The lowest BCUT2D eigenvalue weighted by molar-refractivity contribution is -0.136. The summed E-state index contributed by atoms with van der Waals surface area (Å²) in [4.78, 5) is 24.2. The average molecular weight is 209 g/mol. The molecule has 84 valence electrons. The molecule has 3 heteroatoms. The Kier molecular flexibility index (Phi) is 3.08. The van der Waals surface area contributed by atoms with Crippen LogP contribution < -0.4 is 0 Å². The molecule has 0 spiro atoms. The zero-order chi connectivity index (χ0) is 10.8. The number of amides is 1. The van der Waals surface area contributed by atoms with Crippen LogP contribution in [-0.2, 0) is 9.59 Å². The first-order valence-electron chi connectivity index (χ1n) is 5.93. The lowest BCUT2D eigenvalue weighted by atomic mass is 9.91. The molecule has 1 saturated heterocycles. The molecule has 1 aliphatic heterocycles. The Morgan fingerprint density at radius 1 is 1.40 bits per heavy atom. The summed E-state index contributed by atoms with van der Waals surface area (Å²) in [5.74, 6) is 1.71. The number of aldehydes is 1. The minimum absolute atomic E-state index is 0.0218. The van der Waals surface area contributed by atoms with Gasteiger partial charge in [0.2, 0.25) is 5.91 Å². The van der Waals surface area contributed by atoms with E-state index in [0.717, 1.165) is 31.6 Å². The van der Waals surface area contributed by atoms with Crippen LogP contribution in [0.5, 0.6) is 0 Å². The maximum atomic E-state index is 11.8. The van der Waals surface area contributed by atoms with Gasteiger partial charge in [0.1, 0.15) is 6.29 Å². The summed E-state index contributed by atoms with van der Waals surface area (Å²) in [6.07, 6.45) is 5.43. The van der Waals surface area contributed by atoms with E-state index in [1.54, 1.807) is 0 Å². The van der Waals surface area contributed by atoms with Crippen molar-refractivity contribution in [3.8, 4) is 0 Å². The van der Waals surface area contributed by atoms with Gasteiger partial charge in [-0.25, -0.2) is 0 Å². The van der Waals surface area contributed by atoms with Crippen LogP contribution in [0.25, 0.3) is 0 Å². The van der Waals surface area contributed by atoms with E-state index >= 15 is 0 Å². The molecule has 2 unspecified atom stereocenters. The van der Waals surface area contributed by atoms with E-state index in [4.69, 9.17) is 0 Å². The second-order valence-corrected chi connectivity index (χ2v) is 5.04. The van der Waals surface area contributed by atoms with Gasteiger partial charge in [-0.15, -0.1) is 0 Å². The Labute approximate surface area is 90.8 Å². The largest absolute Gasteiger partial charge is 0.342 e. The predicted octanol–water partition coefficient (Wildman–Crippen LogP) is 1.47. The fourth-order valence-electron chi connectivity index (χ4n) is 2.46. The zero-order valence-electron chi connectivity index (χ0n) is 9.32. The van der Waals surface area contributed by atoms with Crippen LogP contribution in [0.4, 0.5) is 0 Å². The topological polar surface area (TPSA) is 37.4 Å². The molecule has 0 radical (unpaired) electrons. The van der Waals surface area contributed by atoms with Crippen LogP contribution in [0.2, 0.25) is 0 Å². The molecule has 15 heavy (non-hydrogen) atoms. The molecule has 0 N–H and O–H groups in total. The van der Waals surface area contributed by atoms with Gasteiger partial charge < -0.3 is 9.69 Å². The van der Waals surface area contributed by atoms with Crippen molar-refractivity contribution in [3.05, 3.63) is 0 Å². The maximum Gasteiger partial charge on any atom is 0.222 e. The molecule has 1 heterocycles. The Balaban J connectivity index is 1.83. The molecule has 0 aromatic heterocycles. The number of carbonyl (C=O) groups excluding carboxylic acids is 2. The van der Waals surface area contributed by atoms with Gasteiger partial charge in [-0.3, -0.25) is 4.79 Å². The lowest BCUT2D eigenvalue weighted by Gasteiger charge is -2.32. The fraction of sp³-hybridized carbons (Fsp3) is 0.833. The second kappa shape index (κ2) is 4.33. The van der Waals surface area contributed by atoms with Crippen molar-refractivity contribution in [2.45, 2.75) is 32.6 Å². The van der Waals surface area contributed by atoms with Crippen LogP contribution in [0.15, 0.2) is 0 Å². The number of rotatable bonds is 4. The molecule has 1 amide bonds. The molecule has 3 nitrogen and oxygen atoms in total. The quantitative estimate of drug-likeness (QED) is 0.657. The number of carbonyl (C=O) groups is 2. The van der Waals surface area contributed by atoms with Gasteiger partial charge >= 0.3 is 0 Å². The molecular weight excluding hydrogens is 190 g/mol. The van der Waals surface area contributed by atoms with E-state index in [1.807, 2.05) is 11.8 Å². The minimum atomic E-state index is -0.0218. The SMILES string of the molecule is CC(C=O)CN1CCC(C2CC2)CC1=O. The van der Waals surface area contributed by atoms with Crippen LogP contribution in [0.1, 0.15) is 32.6 Å². The third-order valence-electron chi connectivity index (χ3n) is 3.59. The Morgan fingerprint density at radius 3 is 2.67 bits per heavy atom. The third-order valence-corrected chi connectivity index (χ3v) is 3.59. The smallest absolute Gasteiger partial charge is 0.222 e. The second-order valence-electron chi connectivity index (χ2n) is 5.04. The van der Waals surface area contributed by atoms with Crippen molar-refractivity contribution in [3.63, 3.8) is 0 Å². The summed E-state index contributed by atoms with van der Waals surface area (Å²) in [5.41, 5.74) is 0. The molecular formula is C12H19NO2. The van der Waals surface area contributed by atoms with E-state index in [1.165, 1.54) is 12.8 Å². The standard InChI is InChI=1S/C12H19NO2/c1-9(8-14)7-13-5-4-11(6-12(13)15)10-2-3-10/h8-11H,2-7H2,1H3. The van der Waals surface area contributed by atoms with E-state index < -0.39 is 0 Å². The van der Waals surface area contributed by atoms with Gasteiger partial charge in [0, 0.05) is 25.4 Å². The number of likely N-dealkylation sites (tertiary alicyclic amines) is 1. The van der Waals surface area contributed by atoms with Gasteiger partial charge in [-0.2, -0.15) is 0 Å². The number of hydrogen-bond donors (Lipinski definition) is 0. The number of nitrogens with zero attached hydrogens (tertiary/aromatic N) is 1. The molecule has 0 bridgehead atoms. The van der Waals surface area contributed by atoms with Crippen molar-refractivity contribution >= 4 is 12.2 Å². The highest BCUT2D eigenvalue weighted by Crippen LogP contribution is 2.42. The van der Waals surface area contributed by atoms with Crippen molar-refractivity contribution in [1.29, 1.82) is 0 Å². The first kappa shape index (κ1) is 10.7. The normalized spacial score (nSPS) is 29.0. The molecule has 2 rings (SSSR count). The number of hydrogen-bond acceptors (Lipinski definition) is 2. The Hall–Kier alpha value is -0.860. The van der Waals surface area contributed by atoms with Gasteiger partial charge in [-0.05, 0) is 31.1 Å². The summed E-state index contributed by atoms with van der Waals surface area (Å²) in [5, 5.41) is 0. The van der Waals surface area contributed by atoms with Gasteiger partial charge in [0.05, 0.1) is 0 Å². The van der Waals surface area contributed by atoms with Gasteiger partial charge in [0.15, 0.2) is 0 Å². The first-order chi connectivity index (χ1) is 7.20. The summed E-state index contributed by atoms with van der Waals surface area (Å²) in [7, 11) is 0. The van der Waals surface area contributed by atoms with Gasteiger partial charge in [0.25, 0.3) is 0 Å². The van der Waals surface area contributed by atoms with Crippen molar-refractivity contribution in [2.75, 3.05) is 13.1 Å². The average Bonchev–Trinajstić information content (AvgIpc) is 3.04. The molecule has 1 aliphatic carbocycles. The predicted molar refractivity (Wildman–Crippen MR) is 57.3 cm³/mol. The van der Waals surface area contributed by atoms with Crippen molar-refractivity contribution in [2.24, 2.45) is 17.8 Å². The maximum absolute atomic E-state index is 11.8. The molecule has 2 atom stereocenters. The number of piperidine rings is 1. The van der Waals surface area contributed by atoms with Crippen LogP contribution in [0, 0.1) is 17.8 Å². The van der Waals surface area contributed by atoms with Gasteiger partial charge in [-0.1, -0.05) is 6.92 Å². The molecule has 0 aromatic rings. The minimum Gasteiger partial charge on any atom is -0.342 e. The lowest BCUT2D eigenvalue weighted by Crippen LogP contribution is -2.41. The molecule has 2 fully saturated rings. The molecule has 2 aliphatic rings. The third kappa shape index (κ3) is 2.58. The summed E-state index contributed by atoms with van der Waals surface area (Å²) in [6.45, 7) is 3.34. The van der Waals surface area contributed by atoms with Crippen LogP contribution in [-0.4, -0.2) is 30.2 Å². The highest BCUT2D eigenvalue weighted by molar-refractivity contribution is 5.77. The highest BCUT2D eigenvalue weighted by Gasteiger charge is 2.36. The van der Waals surface area contributed by atoms with E-state index in [2.05, 4.69) is 0 Å². The summed E-state index contributed by atoms with van der Waals surface area (Å²) >= 11 is 0. The van der Waals surface area contributed by atoms with Crippen LogP contribution >= 0.6 is 0 Å². The van der Waals surface area contributed by atoms with Crippen LogP contribution in [0.3, 0.4) is 0 Å². The monoisotopic (exact) mass is 209 g/mol. The van der Waals surface area contributed by atoms with Crippen molar-refractivity contribution in [1.82, 2.24) is 4.90 Å². The fourth-order valence-corrected chi connectivity index (χ4v) is 2.46. The van der Waals surface area contributed by atoms with E-state index in [9.17, 15) is 9.59 Å². The Bertz CT molecular complexity index is 260. The summed E-state index contributed by atoms with van der Waals surface area (Å²) in [6, 6.07) is 0. The first-order valence-corrected chi connectivity index (χ1v) is 5.93. The molecule has 0 aromatic carbocycles. The highest BCUT2D eigenvalue weighted by atomic mass is 16.2. The summed E-state index contributed by atoms with van der Waals surface area (Å²) < 4.78 is 0. The van der Waals surface area contributed by atoms with E-state index in [0.29, 0.717) is 12.5 Å². The Morgan fingerprint density at radius 2 is 2.13 bits per heavy atom.